The van der Waals surface area contributed by atoms with E-state index in [0.29, 0.717) is 49.8 Å². The Morgan fingerprint density at radius 1 is 1.02 bits per heavy atom. The largest absolute Gasteiger partial charge is 0.371 e. The summed E-state index contributed by atoms with van der Waals surface area (Å²) >= 11 is 8.17. The van der Waals surface area contributed by atoms with Gasteiger partial charge in [0, 0.05) is 68.2 Å². The highest BCUT2D eigenvalue weighted by Crippen LogP contribution is 2.33. The monoisotopic (exact) mass is 689 g/mol. The molecule has 1 N–H and O–H groups in total. The quantitative estimate of drug-likeness (QED) is 0.223. The Morgan fingerprint density at radius 3 is 2.51 bits per heavy atom. The normalized spacial score (nSPS) is 19.5. The molecule has 2 atom stereocenters. The van der Waals surface area contributed by atoms with Gasteiger partial charge in [-0.2, -0.15) is 4.98 Å². The van der Waals surface area contributed by atoms with Gasteiger partial charge in [-0.05, 0) is 91.3 Å². The Hall–Kier alpha value is -3.65. The number of morpholine rings is 1. The predicted molar refractivity (Wildman–Crippen MR) is 191 cm³/mol. The second kappa shape index (κ2) is 13.1. The zero-order valence-corrected chi connectivity index (χ0v) is 28.7. The van der Waals surface area contributed by atoms with Crippen LogP contribution >= 0.6 is 22.9 Å². The SMILES string of the molecule is C=S(=O)(c1ccc(-c2cc3cnc(Nc4ccc(C5CN(C)CCO5)cc4)nc3n(-c3nccs3)c2=O)c(Cl)c1)C1CCN(C)CC1. The van der Waals surface area contributed by atoms with Crippen LogP contribution in [0.1, 0.15) is 24.5 Å². The number of rotatable bonds is 7. The van der Waals surface area contributed by atoms with Crippen molar-refractivity contribution in [2.75, 3.05) is 52.2 Å². The lowest BCUT2D eigenvalue weighted by molar-refractivity contribution is -0.0208. The molecule has 2 aliphatic rings. The van der Waals surface area contributed by atoms with Crippen molar-refractivity contribution in [1.29, 1.82) is 0 Å². The first kappa shape index (κ1) is 31.9. The summed E-state index contributed by atoms with van der Waals surface area (Å²) in [6.07, 6.45) is 5.00. The highest BCUT2D eigenvalue weighted by atomic mass is 35.5. The van der Waals surface area contributed by atoms with E-state index in [-0.39, 0.29) is 16.9 Å². The van der Waals surface area contributed by atoms with Crippen LogP contribution in [-0.2, 0) is 14.3 Å². The Morgan fingerprint density at radius 2 is 1.81 bits per heavy atom. The number of nitrogens with one attached hydrogen (secondary N) is 1. The zero-order chi connectivity index (χ0) is 32.7. The van der Waals surface area contributed by atoms with Crippen molar-refractivity contribution in [3.8, 4) is 16.3 Å². The van der Waals surface area contributed by atoms with Crippen LogP contribution in [0.25, 0.3) is 27.3 Å². The van der Waals surface area contributed by atoms with Crippen LogP contribution in [0.4, 0.5) is 11.6 Å². The highest BCUT2D eigenvalue weighted by Gasteiger charge is 2.27. The number of hydrogen-bond donors (Lipinski definition) is 1. The summed E-state index contributed by atoms with van der Waals surface area (Å²) in [6, 6.07) is 15.0. The van der Waals surface area contributed by atoms with E-state index in [0.717, 1.165) is 50.3 Å². The average Bonchev–Trinajstić information content (AvgIpc) is 3.60. The first-order valence-electron chi connectivity index (χ1n) is 15.5. The molecule has 3 aromatic heterocycles. The Kier molecular flexibility index (Phi) is 8.90. The molecule has 2 unspecified atom stereocenters. The Bertz CT molecular complexity index is 2080. The number of fused-ring (bicyclic) bond motifs is 1. The highest BCUT2D eigenvalue weighted by molar-refractivity contribution is 8.00. The second-order valence-corrected chi connectivity index (χ2v) is 16.1. The molecular weight excluding hydrogens is 654 g/mol. The molecule has 0 saturated carbocycles. The third kappa shape index (κ3) is 6.46. The van der Waals surface area contributed by atoms with Gasteiger partial charge in [-0.3, -0.25) is 9.00 Å². The van der Waals surface area contributed by atoms with Gasteiger partial charge >= 0.3 is 0 Å². The van der Waals surface area contributed by atoms with Gasteiger partial charge in [-0.15, -0.1) is 11.3 Å². The number of anilines is 2. The summed E-state index contributed by atoms with van der Waals surface area (Å²) in [5.41, 5.74) is 2.91. The number of thiazole rings is 1. The molecule has 0 amide bonds. The number of piperidine rings is 1. The van der Waals surface area contributed by atoms with Gasteiger partial charge in [0.25, 0.3) is 5.56 Å². The minimum Gasteiger partial charge on any atom is -0.371 e. The smallest absolute Gasteiger partial charge is 0.266 e. The summed E-state index contributed by atoms with van der Waals surface area (Å²) in [5, 5.41) is 6.51. The van der Waals surface area contributed by atoms with Crippen molar-refractivity contribution in [1.82, 2.24) is 29.3 Å². The molecule has 0 aliphatic carbocycles. The number of hydrogen-bond acceptors (Lipinski definition) is 10. The van der Waals surface area contributed by atoms with Gasteiger partial charge < -0.3 is 19.9 Å². The minimum absolute atomic E-state index is 0.0192. The van der Waals surface area contributed by atoms with Gasteiger partial charge in [0.1, 0.15) is 0 Å². The zero-order valence-electron chi connectivity index (χ0n) is 26.3. The van der Waals surface area contributed by atoms with E-state index in [1.54, 1.807) is 36.7 Å². The maximum atomic E-state index is 14.2. The van der Waals surface area contributed by atoms with Gasteiger partial charge in [0.2, 0.25) is 5.95 Å². The fourth-order valence-electron chi connectivity index (χ4n) is 6.23. The molecule has 0 spiro atoms. The molecule has 0 bridgehead atoms. The summed E-state index contributed by atoms with van der Waals surface area (Å²) in [6.45, 7) is 4.26. The molecule has 244 valence electrons. The number of nitrogens with zero attached hydrogens (tertiary/aromatic N) is 6. The predicted octanol–water partition coefficient (Wildman–Crippen LogP) is 5.47. The number of halogens is 1. The summed E-state index contributed by atoms with van der Waals surface area (Å²) < 4.78 is 21.3. The third-order valence-corrected chi connectivity index (χ3v) is 12.7. The lowest BCUT2D eigenvalue weighted by atomic mass is 10.1. The van der Waals surface area contributed by atoms with E-state index >= 15 is 0 Å². The van der Waals surface area contributed by atoms with E-state index in [1.807, 2.05) is 29.6 Å². The van der Waals surface area contributed by atoms with Gasteiger partial charge in [-0.25, -0.2) is 14.5 Å². The van der Waals surface area contributed by atoms with Crippen molar-refractivity contribution in [3.63, 3.8) is 0 Å². The van der Waals surface area contributed by atoms with Gasteiger partial charge in [0.15, 0.2) is 10.8 Å². The molecule has 0 radical (unpaired) electrons. The van der Waals surface area contributed by atoms with Crippen LogP contribution in [0.2, 0.25) is 5.02 Å². The number of pyridine rings is 1. The van der Waals surface area contributed by atoms with Crippen LogP contribution in [0.3, 0.4) is 0 Å². The molecule has 2 aromatic carbocycles. The number of ether oxygens (including phenoxy) is 1. The topological polar surface area (TPSA) is 105 Å². The van der Waals surface area contributed by atoms with E-state index in [4.69, 9.17) is 21.3 Å². The number of likely N-dealkylation sites (tertiary alicyclic amines) is 1. The second-order valence-electron chi connectivity index (χ2n) is 12.2. The van der Waals surface area contributed by atoms with Crippen LogP contribution in [0, 0.1) is 0 Å². The van der Waals surface area contributed by atoms with E-state index < -0.39 is 9.52 Å². The van der Waals surface area contributed by atoms with Crippen LogP contribution in [0.5, 0.6) is 0 Å². The molecular formula is C34H36ClN7O3S2. The fourth-order valence-corrected chi connectivity index (χ4v) is 9.19. The molecule has 5 heterocycles. The Labute approximate surface area is 283 Å². The summed E-state index contributed by atoms with van der Waals surface area (Å²) in [4.78, 5) is 33.0. The number of benzene rings is 2. The standard InChI is InChI=1S/C34H36ClN7O3S2/c1-40-13-10-25(11-14-40)47(3,44)26-8-9-27(29(35)19-26)28-18-23-20-37-33(39-31(23)42(32(28)43)34-36-12-17-46-34)38-24-6-4-22(5-7-24)30-21-41(2)15-16-45-30/h4-9,12,17-20,25,30H,3,10-11,13-16,21H2,1-2H3,(H,37,38,39). The Balaban J connectivity index is 1.22. The maximum Gasteiger partial charge on any atom is 0.266 e. The minimum atomic E-state index is -2.57. The molecule has 13 heteroatoms. The van der Waals surface area contributed by atoms with Crippen LogP contribution in [0.15, 0.2) is 76.0 Å². The molecule has 47 heavy (non-hydrogen) atoms. The number of aromatic nitrogens is 4. The summed E-state index contributed by atoms with van der Waals surface area (Å²) in [7, 11) is 1.60. The van der Waals surface area contributed by atoms with E-state index in [9.17, 15) is 9.00 Å². The average molecular weight is 690 g/mol. The van der Waals surface area contributed by atoms with E-state index in [1.165, 1.54) is 15.9 Å². The van der Waals surface area contributed by atoms with Gasteiger partial charge in [0.05, 0.1) is 12.7 Å². The molecule has 7 rings (SSSR count). The van der Waals surface area contributed by atoms with Crippen LogP contribution in [-0.4, -0.2) is 91.5 Å². The lowest BCUT2D eigenvalue weighted by Crippen LogP contribution is -2.37. The fraction of sp³-hybridized carbons (Fsp3) is 0.324. The molecule has 2 saturated heterocycles. The maximum absolute atomic E-state index is 14.2. The third-order valence-electron chi connectivity index (χ3n) is 8.99. The molecule has 2 fully saturated rings. The van der Waals surface area contributed by atoms with Crippen molar-refractivity contribution in [2.24, 2.45) is 0 Å². The van der Waals surface area contributed by atoms with Crippen molar-refractivity contribution in [3.05, 3.63) is 87.2 Å². The molecule has 2 aliphatic heterocycles. The van der Waals surface area contributed by atoms with Crippen molar-refractivity contribution >= 4 is 61.0 Å². The molecule has 10 nitrogen and oxygen atoms in total. The lowest BCUT2D eigenvalue weighted by Gasteiger charge is -2.31. The van der Waals surface area contributed by atoms with Gasteiger partial charge in [-0.1, -0.05) is 29.8 Å². The van der Waals surface area contributed by atoms with E-state index in [2.05, 4.69) is 45.1 Å². The molecule has 5 aromatic rings. The summed E-state index contributed by atoms with van der Waals surface area (Å²) in [5.74, 6) is 4.50. The van der Waals surface area contributed by atoms with Crippen molar-refractivity contribution < 1.29 is 8.95 Å². The van der Waals surface area contributed by atoms with Crippen molar-refractivity contribution in [2.45, 2.75) is 29.1 Å². The first-order chi connectivity index (χ1) is 22.7. The number of likely N-dealkylation sites (N-methyl/N-ethyl adjacent to an activating group) is 1. The van der Waals surface area contributed by atoms with Crippen LogP contribution < -0.4 is 10.9 Å². The first-order valence-corrected chi connectivity index (χ1v) is 18.6.